The molecule has 0 aromatic heterocycles. The van der Waals surface area contributed by atoms with Gasteiger partial charge in [-0.15, -0.1) is 0 Å². The maximum absolute atomic E-state index is 13.3. The number of nitrogens with zero attached hydrogens (tertiary/aromatic N) is 2. The molecule has 1 unspecified atom stereocenters. The number of hydrogen-bond acceptors (Lipinski definition) is 5. The highest BCUT2D eigenvalue weighted by atomic mass is 32.2. The smallest absolute Gasteiger partial charge is 0.270 e. The van der Waals surface area contributed by atoms with Crippen molar-refractivity contribution in [1.29, 1.82) is 0 Å². The topological polar surface area (TPSA) is 97.6 Å². The largest absolute Gasteiger partial charge is 0.299 e. The molecule has 1 aliphatic heterocycles. The van der Waals surface area contributed by atoms with Crippen molar-refractivity contribution in [3.63, 3.8) is 0 Å². The Kier molecular flexibility index (Phi) is 5.29. The molecule has 0 bridgehead atoms. The quantitative estimate of drug-likeness (QED) is 0.414. The summed E-state index contributed by atoms with van der Waals surface area (Å²) < 4.78 is 28.0. The number of benzene rings is 2. The minimum absolute atomic E-state index is 0.0877. The lowest BCUT2D eigenvalue weighted by Gasteiger charge is -2.45. The molecule has 0 saturated heterocycles. The molecule has 7 nitrogen and oxygen atoms in total. The fourth-order valence-electron chi connectivity index (χ4n) is 4.45. The van der Waals surface area contributed by atoms with Gasteiger partial charge in [-0.05, 0) is 24.5 Å². The van der Waals surface area contributed by atoms with Crippen LogP contribution >= 0.6 is 0 Å². The number of rotatable bonds is 5. The van der Waals surface area contributed by atoms with Crippen molar-refractivity contribution in [3.8, 4) is 0 Å². The van der Waals surface area contributed by atoms with Gasteiger partial charge in [0.1, 0.15) is 5.78 Å². The first-order valence-corrected chi connectivity index (χ1v) is 11.2. The molecule has 1 fully saturated rings. The average Bonchev–Trinajstić information content (AvgIpc) is 2.74. The van der Waals surface area contributed by atoms with Crippen molar-refractivity contribution in [2.75, 3.05) is 13.1 Å². The summed E-state index contributed by atoms with van der Waals surface area (Å²) in [4.78, 5) is 22.5. The standard InChI is InChI=1S/C22H22N2O5S/c25-20-9-11-22(15-17-5-2-1-3-6-17)16-23(12-10-18(22)13-20)30(28,29)21-8-4-7-19(14-21)24(26)27/h1-8,10,14H,9,11-13,15-16H2. The van der Waals surface area contributed by atoms with E-state index in [2.05, 4.69) is 0 Å². The predicted octanol–water partition coefficient (Wildman–Crippen LogP) is 3.51. The molecule has 30 heavy (non-hydrogen) atoms. The van der Waals surface area contributed by atoms with Crippen LogP contribution in [0.1, 0.15) is 24.8 Å². The molecule has 156 valence electrons. The van der Waals surface area contributed by atoms with Gasteiger partial charge in [0.15, 0.2) is 0 Å². The van der Waals surface area contributed by atoms with Crippen molar-refractivity contribution >= 4 is 21.5 Å². The first kappa shape index (κ1) is 20.4. The minimum Gasteiger partial charge on any atom is -0.299 e. The van der Waals surface area contributed by atoms with Crippen LogP contribution in [0.15, 0.2) is 71.1 Å². The molecule has 8 heteroatoms. The molecule has 2 aromatic carbocycles. The number of sulfonamides is 1. The first-order valence-electron chi connectivity index (χ1n) is 9.80. The Balaban J connectivity index is 1.70. The zero-order valence-corrected chi connectivity index (χ0v) is 17.2. The molecule has 0 N–H and O–H groups in total. The fourth-order valence-corrected chi connectivity index (χ4v) is 5.95. The van der Waals surface area contributed by atoms with Crippen LogP contribution < -0.4 is 0 Å². The molecule has 0 radical (unpaired) electrons. The molecule has 1 heterocycles. The Morgan fingerprint density at radius 2 is 1.87 bits per heavy atom. The second kappa shape index (κ2) is 7.77. The molecule has 1 saturated carbocycles. The van der Waals surface area contributed by atoms with Gasteiger partial charge in [0.05, 0.1) is 9.82 Å². The molecular weight excluding hydrogens is 404 g/mol. The van der Waals surface area contributed by atoms with Crippen LogP contribution in [0.4, 0.5) is 5.69 Å². The number of nitro groups is 1. The van der Waals surface area contributed by atoms with Crippen LogP contribution in [0.2, 0.25) is 0 Å². The number of carbonyl (C=O) groups is 1. The maximum atomic E-state index is 13.3. The van der Waals surface area contributed by atoms with E-state index in [1.807, 2.05) is 36.4 Å². The van der Waals surface area contributed by atoms with Crippen molar-refractivity contribution in [3.05, 3.63) is 81.9 Å². The third-order valence-electron chi connectivity index (χ3n) is 6.02. The summed E-state index contributed by atoms with van der Waals surface area (Å²) >= 11 is 0. The lowest BCUT2D eigenvalue weighted by Crippen LogP contribution is -2.49. The molecule has 0 spiro atoms. The van der Waals surface area contributed by atoms with Gasteiger partial charge >= 0.3 is 0 Å². The van der Waals surface area contributed by atoms with Gasteiger partial charge in [-0.3, -0.25) is 14.9 Å². The van der Waals surface area contributed by atoms with Gasteiger partial charge in [0.2, 0.25) is 10.0 Å². The second-order valence-corrected chi connectivity index (χ2v) is 9.88. The van der Waals surface area contributed by atoms with Crippen LogP contribution in [0.3, 0.4) is 0 Å². The van der Waals surface area contributed by atoms with Gasteiger partial charge in [0.25, 0.3) is 5.69 Å². The van der Waals surface area contributed by atoms with Gasteiger partial charge in [0, 0.05) is 43.5 Å². The monoisotopic (exact) mass is 426 g/mol. The first-order chi connectivity index (χ1) is 14.3. The number of hydrogen-bond donors (Lipinski definition) is 0. The fraction of sp³-hybridized carbons (Fsp3) is 0.318. The lowest BCUT2D eigenvalue weighted by molar-refractivity contribution is -0.385. The molecular formula is C22H22N2O5S. The van der Waals surface area contributed by atoms with Crippen molar-refractivity contribution < 1.29 is 18.1 Å². The number of carbonyl (C=O) groups excluding carboxylic acids is 1. The van der Waals surface area contributed by atoms with Crippen LogP contribution in [0, 0.1) is 15.5 Å². The SMILES string of the molecule is O=C1CCC2(Cc3ccccc3)CN(S(=O)(=O)c3cccc([N+](=O)[O-])c3)CC=C2C1. The Morgan fingerprint density at radius 1 is 1.10 bits per heavy atom. The Hall–Kier alpha value is -2.84. The average molecular weight is 426 g/mol. The second-order valence-electron chi connectivity index (χ2n) is 7.94. The predicted molar refractivity (Wildman–Crippen MR) is 111 cm³/mol. The third kappa shape index (κ3) is 3.80. The summed E-state index contributed by atoms with van der Waals surface area (Å²) in [6.07, 6.45) is 3.88. The van der Waals surface area contributed by atoms with E-state index in [-0.39, 0.29) is 29.5 Å². The summed E-state index contributed by atoms with van der Waals surface area (Å²) in [5.74, 6) is 0.180. The van der Waals surface area contributed by atoms with Gasteiger partial charge in [-0.25, -0.2) is 8.42 Å². The van der Waals surface area contributed by atoms with E-state index in [1.165, 1.54) is 22.5 Å². The molecule has 2 aliphatic rings. The van der Waals surface area contributed by atoms with Crippen LogP contribution in [-0.4, -0.2) is 36.5 Å². The Bertz CT molecular complexity index is 1130. The molecule has 1 atom stereocenters. The highest BCUT2D eigenvalue weighted by Gasteiger charge is 2.45. The highest BCUT2D eigenvalue weighted by Crippen LogP contribution is 2.46. The zero-order valence-electron chi connectivity index (χ0n) is 16.4. The molecule has 4 rings (SSSR count). The summed E-state index contributed by atoms with van der Waals surface area (Å²) in [7, 11) is -3.91. The number of non-ortho nitro benzene ring substituents is 1. The van der Waals surface area contributed by atoms with E-state index in [0.29, 0.717) is 25.7 Å². The lowest BCUT2D eigenvalue weighted by atomic mass is 9.65. The summed E-state index contributed by atoms with van der Waals surface area (Å²) in [6.45, 7) is 0.413. The Morgan fingerprint density at radius 3 is 2.60 bits per heavy atom. The van der Waals surface area contributed by atoms with E-state index < -0.39 is 20.4 Å². The van der Waals surface area contributed by atoms with Gasteiger partial charge in [-0.1, -0.05) is 48.0 Å². The van der Waals surface area contributed by atoms with E-state index in [0.717, 1.165) is 17.2 Å². The molecule has 0 amide bonds. The minimum atomic E-state index is -3.91. The number of ketones is 1. The van der Waals surface area contributed by atoms with Crippen LogP contribution in [-0.2, 0) is 21.2 Å². The number of fused-ring (bicyclic) bond motifs is 1. The van der Waals surface area contributed by atoms with Gasteiger partial charge in [-0.2, -0.15) is 4.31 Å². The van der Waals surface area contributed by atoms with Crippen LogP contribution in [0.5, 0.6) is 0 Å². The van der Waals surface area contributed by atoms with E-state index in [9.17, 15) is 23.3 Å². The van der Waals surface area contributed by atoms with E-state index in [4.69, 9.17) is 0 Å². The summed E-state index contributed by atoms with van der Waals surface area (Å²) in [6, 6.07) is 15.0. The highest BCUT2D eigenvalue weighted by molar-refractivity contribution is 7.89. The molecule has 2 aromatic rings. The number of nitro benzene ring substituents is 1. The summed E-state index contributed by atoms with van der Waals surface area (Å²) in [5, 5.41) is 11.1. The van der Waals surface area contributed by atoms with Crippen molar-refractivity contribution in [2.45, 2.75) is 30.6 Å². The normalized spacial score (nSPS) is 22.3. The molecule has 1 aliphatic carbocycles. The maximum Gasteiger partial charge on any atom is 0.270 e. The van der Waals surface area contributed by atoms with Gasteiger partial charge < -0.3 is 0 Å². The van der Waals surface area contributed by atoms with E-state index >= 15 is 0 Å². The third-order valence-corrected chi connectivity index (χ3v) is 7.83. The number of Topliss-reactive ketones (excluding diaryl/α,β-unsaturated/α-hetero) is 1. The van der Waals surface area contributed by atoms with Crippen molar-refractivity contribution in [1.82, 2.24) is 4.31 Å². The Labute approximate surface area is 175 Å². The van der Waals surface area contributed by atoms with Crippen molar-refractivity contribution in [2.24, 2.45) is 5.41 Å². The zero-order chi connectivity index (χ0) is 21.4. The van der Waals surface area contributed by atoms with Crippen LogP contribution in [0.25, 0.3) is 0 Å². The van der Waals surface area contributed by atoms with E-state index in [1.54, 1.807) is 0 Å². The summed E-state index contributed by atoms with van der Waals surface area (Å²) in [5.41, 5.74) is 1.40.